The van der Waals surface area contributed by atoms with E-state index in [-0.39, 0.29) is 12.1 Å². The predicted octanol–water partition coefficient (Wildman–Crippen LogP) is 3.00. The van der Waals surface area contributed by atoms with Gasteiger partial charge < -0.3 is 4.90 Å². The summed E-state index contributed by atoms with van der Waals surface area (Å²) < 4.78 is 0. The van der Waals surface area contributed by atoms with Crippen LogP contribution < -0.4 is 5.32 Å². The number of nitrogens with zero attached hydrogens (tertiary/aromatic N) is 1. The molecule has 0 saturated carbocycles. The molecule has 104 valence electrons. The lowest BCUT2D eigenvalue weighted by atomic mass is 9.99. The number of carbonyl (C=O) groups excluding carboxylic acids is 1. The molecule has 1 heterocycles. The van der Waals surface area contributed by atoms with Crippen LogP contribution in [0.4, 0.5) is 0 Å². The van der Waals surface area contributed by atoms with E-state index in [9.17, 15) is 4.79 Å². The second-order valence-corrected chi connectivity index (χ2v) is 5.65. The maximum Gasteiger partial charge on any atom is 0.244 e. The quantitative estimate of drug-likeness (QED) is 0.902. The van der Waals surface area contributed by atoms with Gasteiger partial charge in [0.25, 0.3) is 0 Å². The minimum atomic E-state index is -0.427. The van der Waals surface area contributed by atoms with Crippen molar-refractivity contribution in [2.24, 2.45) is 0 Å². The Balaban J connectivity index is 2.35. The second-order valence-electron chi connectivity index (χ2n) is 5.65. The third-order valence-electron chi connectivity index (χ3n) is 4.03. The Kier molecular flexibility index (Phi) is 3.95. The van der Waals surface area contributed by atoms with E-state index < -0.39 is 5.54 Å². The van der Waals surface area contributed by atoms with Crippen LogP contribution in [-0.2, 0) is 4.79 Å². The van der Waals surface area contributed by atoms with Crippen molar-refractivity contribution < 1.29 is 4.79 Å². The van der Waals surface area contributed by atoms with Crippen molar-refractivity contribution in [3.63, 3.8) is 0 Å². The maximum atomic E-state index is 12.6. The molecule has 0 aromatic heterocycles. The van der Waals surface area contributed by atoms with E-state index in [1.807, 2.05) is 11.8 Å². The van der Waals surface area contributed by atoms with Gasteiger partial charge in [-0.1, -0.05) is 43.7 Å². The summed E-state index contributed by atoms with van der Waals surface area (Å²) in [6, 6.07) is 8.41. The van der Waals surface area contributed by atoms with Crippen LogP contribution in [0.2, 0.25) is 0 Å². The fourth-order valence-corrected chi connectivity index (χ4v) is 2.70. The van der Waals surface area contributed by atoms with Gasteiger partial charge >= 0.3 is 0 Å². The second kappa shape index (κ2) is 5.33. The molecule has 0 spiro atoms. The van der Waals surface area contributed by atoms with Crippen molar-refractivity contribution in [3.8, 4) is 0 Å². The van der Waals surface area contributed by atoms with Crippen molar-refractivity contribution in [1.29, 1.82) is 0 Å². The van der Waals surface area contributed by atoms with Gasteiger partial charge in [-0.05, 0) is 32.3 Å². The van der Waals surface area contributed by atoms with Gasteiger partial charge in [0.15, 0.2) is 0 Å². The van der Waals surface area contributed by atoms with E-state index in [1.165, 1.54) is 11.1 Å². The first-order valence-corrected chi connectivity index (χ1v) is 7.17. The third kappa shape index (κ3) is 2.52. The van der Waals surface area contributed by atoms with Crippen LogP contribution in [0.3, 0.4) is 0 Å². The van der Waals surface area contributed by atoms with E-state index in [4.69, 9.17) is 0 Å². The molecule has 1 aliphatic heterocycles. The topological polar surface area (TPSA) is 32.3 Å². The molecule has 2 unspecified atom stereocenters. The van der Waals surface area contributed by atoms with Gasteiger partial charge in [0, 0.05) is 6.54 Å². The summed E-state index contributed by atoms with van der Waals surface area (Å²) >= 11 is 0. The fourth-order valence-electron chi connectivity index (χ4n) is 2.70. The molecule has 1 aliphatic rings. The molecule has 19 heavy (non-hydrogen) atoms. The number of nitrogens with one attached hydrogen (secondary N) is 1. The van der Waals surface area contributed by atoms with Crippen molar-refractivity contribution >= 4 is 5.91 Å². The normalized spacial score (nSPS) is 27.1. The first-order chi connectivity index (χ1) is 9.01. The average molecular weight is 260 g/mol. The molecular weight excluding hydrogens is 236 g/mol. The van der Waals surface area contributed by atoms with Crippen molar-refractivity contribution in [2.75, 3.05) is 6.54 Å². The summed E-state index contributed by atoms with van der Waals surface area (Å²) in [4.78, 5) is 14.6. The van der Waals surface area contributed by atoms with Crippen molar-refractivity contribution in [3.05, 3.63) is 35.4 Å². The van der Waals surface area contributed by atoms with E-state index in [2.05, 4.69) is 50.4 Å². The molecule has 1 amide bonds. The van der Waals surface area contributed by atoms with Gasteiger partial charge in [-0.15, -0.1) is 0 Å². The highest BCUT2D eigenvalue weighted by atomic mass is 16.2. The van der Waals surface area contributed by atoms with E-state index >= 15 is 0 Å². The van der Waals surface area contributed by atoms with Crippen LogP contribution in [-0.4, -0.2) is 22.9 Å². The Morgan fingerprint density at radius 1 is 1.37 bits per heavy atom. The summed E-state index contributed by atoms with van der Waals surface area (Å²) in [6.45, 7) is 9.08. The molecule has 1 saturated heterocycles. The van der Waals surface area contributed by atoms with Crippen LogP contribution in [0.5, 0.6) is 0 Å². The highest BCUT2D eigenvalue weighted by Gasteiger charge is 2.46. The first kappa shape index (κ1) is 14.1. The molecule has 0 bridgehead atoms. The number of carbonyl (C=O) groups is 1. The lowest BCUT2D eigenvalue weighted by Gasteiger charge is -2.24. The molecular formula is C16H24N2O. The van der Waals surface area contributed by atoms with Gasteiger partial charge in [0.2, 0.25) is 5.91 Å². The summed E-state index contributed by atoms with van der Waals surface area (Å²) in [6.07, 6.45) is 1.81. The Labute approximate surface area is 116 Å². The molecule has 2 atom stereocenters. The zero-order valence-electron chi connectivity index (χ0n) is 12.4. The molecule has 1 aromatic rings. The molecule has 1 aromatic carbocycles. The highest BCUT2D eigenvalue weighted by Crippen LogP contribution is 2.32. The molecule has 3 heteroatoms. The monoisotopic (exact) mass is 260 g/mol. The smallest absolute Gasteiger partial charge is 0.244 e. The third-order valence-corrected chi connectivity index (χ3v) is 4.03. The highest BCUT2D eigenvalue weighted by molar-refractivity contribution is 5.88. The molecule has 1 N–H and O–H groups in total. The Morgan fingerprint density at radius 2 is 2.11 bits per heavy atom. The number of benzene rings is 1. The molecule has 3 nitrogen and oxygen atoms in total. The maximum absolute atomic E-state index is 12.6. The predicted molar refractivity (Wildman–Crippen MR) is 77.8 cm³/mol. The minimum absolute atomic E-state index is 0.0114. The SMILES string of the molecule is CCCN1C(=O)C(C)(CC)NC1c1cccc(C)c1. The lowest BCUT2D eigenvalue weighted by Crippen LogP contribution is -2.43. The zero-order valence-corrected chi connectivity index (χ0v) is 12.4. The zero-order chi connectivity index (χ0) is 14.0. The van der Waals surface area contributed by atoms with Gasteiger partial charge in [-0.25, -0.2) is 0 Å². The summed E-state index contributed by atoms with van der Waals surface area (Å²) in [5.41, 5.74) is 1.98. The van der Waals surface area contributed by atoms with Crippen LogP contribution in [0.15, 0.2) is 24.3 Å². The van der Waals surface area contributed by atoms with Crippen LogP contribution >= 0.6 is 0 Å². The lowest BCUT2D eigenvalue weighted by molar-refractivity contribution is -0.133. The fraction of sp³-hybridized carbons (Fsp3) is 0.562. The van der Waals surface area contributed by atoms with Crippen molar-refractivity contribution in [1.82, 2.24) is 10.2 Å². The molecule has 1 fully saturated rings. The largest absolute Gasteiger partial charge is 0.321 e. The van der Waals surface area contributed by atoms with Crippen LogP contribution in [0, 0.1) is 6.92 Å². The van der Waals surface area contributed by atoms with Gasteiger partial charge in [0.1, 0.15) is 6.17 Å². The number of hydrogen-bond donors (Lipinski definition) is 1. The van der Waals surface area contributed by atoms with Gasteiger partial charge in [-0.3, -0.25) is 10.1 Å². The van der Waals surface area contributed by atoms with Crippen LogP contribution in [0.25, 0.3) is 0 Å². The summed E-state index contributed by atoms with van der Waals surface area (Å²) in [5.74, 6) is 0.225. The molecule has 0 radical (unpaired) electrons. The first-order valence-electron chi connectivity index (χ1n) is 7.17. The van der Waals surface area contributed by atoms with Crippen LogP contribution in [0.1, 0.15) is 50.9 Å². The van der Waals surface area contributed by atoms with Gasteiger partial charge in [0.05, 0.1) is 5.54 Å². The number of hydrogen-bond acceptors (Lipinski definition) is 2. The molecule has 0 aliphatic carbocycles. The average Bonchev–Trinajstić information content (AvgIpc) is 2.65. The number of amides is 1. The summed E-state index contributed by atoms with van der Waals surface area (Å²) in [7, 11) is 0. The summed E-state index contributed by atoms with van der Waals surface area (Å²) in [5, 5.41) is 3.52. The Morgan fingerprint density at radius 3 is 2.68 bits per heavy atom. The molecule has 2 rings (SSSR count). The van der Waals surface area contributed by atoms with Crippen molar-refractivity contribution in [2.45, 2.75) is 52.2 Å². The van der Waals surface area contributed by atoms with E-state index in [0.29, 0.717) is 0 Å². The van der Waals surface area contributed by atoms with E-state index in [0.717, 1.165) is 19.4 Å². The van der Waals surface area contributed by atoms with E-state index in [1.54, 1.807) is 0 Å². The number of rotatable bonds is 4. The van der Waals surface area contributed by atoms with Gasteiger partial charge in [-0.2, -0.15) is 0 Å². The number of aryl methyl sites for hydroxylation is 1. The Bertz CT molecular complexity index is 472. The Hall–Kier alpha value is -1.35. The minimum Gasteiger partial charge on any atom is -0.321 e. The standard InChI is InChI=1S/C16H24N2O/c1-5-10-18-14(13-9-7-8-12(3)11-13)17-16(4,6-2)15(18)19/h7-9,11,14,17H,5-6,10H2,1-4H3.